The number of carbonyl (C=O) groups is 2. The molecule has 1 aliphatic heterocycles. The molecule has 3 rings (SSSR count). The Morgan fingerprint density at radius 2 is 1.75 bits per heavy atom. The monoisotopic (exact) mass is 490 g/mol. The second kappa shape index (κ2) is 9.17. The third-order valence-electron chi connectivity index (χ3n) is 5.18. The SMILES string of the molecule is CC(C(=O)Nc1sccc1C(N)=O)N1CCN(S(=O)(=O)c2ccccc2C(F)(F)F)CC1. The molecule has 1 aliphatic rings. The Kier molecular flexibility index (Phi) is 6.93. The molecule has 3 N–H and O–H groups in total. The van der Waals surface area contributed by atoms with Crippen molar-refractivity contribution in [3.05, 3.63) is 46.8 Å². The average Bonchev–Trinajstić information content (AvgIpc) is 3.21. The summed E-state index contributed by atoms with van der Waals surface area (Å²) in [4.78, 5) is 24.9. The van der Waals surface area contributed by atoms with Gasteiger partial charge in [0.2, 0.25) is 15.9 Å². The van der Waals surface area contributed by atoms with Gasteiger partial charge in [0.05, 0.1) is 22.1 Å². The summed E-state index contributed by atoms with van der Waals surface area (Å²) in [6.45, 7) is 1.77. The number of benzene rings is 1. The predicted octanol–water partition coefficient (Wildman–Crippen LogP) is 2.20. The summed E-state index contributed by atoms with van der Waals surface area (Å²) in [5, 5.41) is 4.57. The molecular formula is C19H21F3N4O4S2. The van der Waals surface area contributed by atoms with Gasteiger partial charge >= 0.3 is 6.18 Å². The number of piperazine rings is 1. The largest absolute Gasteiger partial charge is 0.417 e. The van der Waals surface area contributed by atoms with E-state index in [1.807, 2.05) is 0 Å². The van der Waals surface area contributed by atoms with Gasteiger partial charge in [0.1, 0.15) is 5.00 Å². The lowest BCUT2D eigenvalue weighted by atomic mass is 10.2. The number of primary amides is 1. The van der Waals surface area contributed by atoms with E-state index in [-0.39, 0.29) is 31.7 Å². The number of alkyl halides is 3. The van der Waals surface area contributed by atoms with Crippen LogP contribution in [0.1, 0.15) is 22.8 Å². The Hall–Kier alpha value is -2.48. The van der Waals surface area contributed by atoms with E-state index < -0.39 is 44.5 Å². The van der Waals surface area contributed by atoms with Gasteiger partial charge in [0.15, 0.2) is 0 Å². The molecule has 0 spiro atoms. The van der Waals surface area contributed by atoms with Crippen molar-refractivity contribution in [1.29, 1.82) is 0 Å². The normalized spacial score (nSPS) is 17.1. The van der Waals surface area contributed by atoms with Gasteiger partial charge < -0.3 is 11.1 Å². The molecule has 1 saturated heterocycles. The zero-order valence-electron chi connectivity index (χ0n) is 16.9. The van der Waals surface area contributed by atoms with Crippen molar-refractivity contribution >= 4 is 38.2 Å². The maximum Gasteiger partial charge on any atom is 0.417 e. The molecule has 1 unspecified atom stereocenters. The second-order valence-corrected chi connectivity index (χ2v) is 9.95. The molecule has 1 fully saturated rings. The lowest BCUT2D eigenvalue weighted by molar-refractivity contribution is -0.140. The van der Waals surface area contributed by atoms with Gasteiger partial charge in [-0.05, 0) is 30.5 Å². The van der Waals surface area contributed by atoms with Crippen molar-refractivity contribution in [3.8, 4) is 0 Å². The summed E-state index contributed by atoms with van der Waals surface area (Å²) in [7, 11) is -4.36. The van der Waals surface area contributed by atoms with Crippen LogP contribution in [0, 0.1) is 0 Å². The van der Waals surface area contributed by atoms with Crippen LogP contribution in [0.5, 0.6) is 0 Å². The molecular weight excluding hydrogens is 469 g/mol. The molecule has 2 aromatic rings. The molecule has 0 radical (unpaired) electrons. The number of halogens is 3. The molecule has 32 heavy (non-hydrogen) atoms. The standard InChI is InChI=1S/C19H21F3N4O4S2/c1-12(17(28)24-18-13(16(23)27)6-11-31-18)25-7-9-26(10-8-25)32(29,30)15-5-3-2-4-14(15)19(20,21)22/h2-6,11-12H,7-10H2,1H3,(H2,23,27)(H,24,28). The van der Waals surface area contributed by atoms with Crippen LogP contribution in [-0.4, -0.2) is 61.7 Å². The van der Waals surface area contributed by atoms with Gasteiger partial charge in [-0.1, -0.05) is 12.1 Å². The molecule has 1 aromatic carbocycles. The van der Waals surface area contributed by atoms with E-state index in [9.17, 15) is 31.2 Å². The van der Waals surface area contributed by atoms with Crippen molar-refractivity contribution in [1.82, 2.24) is 9.21 Å². The van der Waals surface area contributed by atoms with Gasteiger partial charge in [-0.2, -0.15) is 17.5 Å². The van der Waals surface area contributed by atoms with Gasteiger partial charge in [-0.15, -0.1) is 11.3 Å². The van der Waals surface area contributed by atoms with E-state index in [1.165, 1.54) is 12.1 Å². The molecule has 0 bridgehead atoms. The Bertz CT molecular complexity index is 1110. The van der Waals surface area contributed by atoms with Crippen molar-refractivity contribution in [2.75, 3.05) is 31.5 Å². The molecule has 1 atom stereocenters. The number of nitrogens with two attached hydrogens (primary N) is 1. The van der Waals surface area contributed by atoms with Crippen LogP contribution in [0.4, 0.5) is 18.2 Å². The molecule has 1 aromatic heterocycles. The molecule has 0 saturated carbocycles. The first-order valence-corrected chi connectivity index (χ1v) is 11.8. The molecule has 0 aliphatic carbocycles. The quantitative estimate of drug-likeness (QED) is 0.645. The zero-order valence-corrected chi connectivity index (χ0v) is 18.6. The van der Waals surface area contributed by atoms with E-state index in [4.69, 9.17) is 5.73 Å². The number of hydrogen-bond donors (Lipinski definition) is 2. The summed E-state index contributed by atoms with van der Waals surface area (Å²) in [5.41, 5.74) is 4.25. The highest BCUT2D eigenvalue weighted by molar-refractivity contribution is 7.89. The van der Waals surface area contributed by atoms with E-state index in [0.717, 1.165) is 33.8 Å². The minimum Gasteiger partial charge on any atom is -0.366 e. The summed E-state index contributed by atoms with van der Waals surface area (Å²) in [6.07, 6.45) is -4.80. The maximum atomic E-state index is 13.3. The van der Waals surface area contributed by atoms with Crippen LogP contribution < -0.4 is 11.1 Å². The van der Waals surface area contributed by atoms with E-state index in [1.54, 1.807) is 17.2 Å². The Labute approximate surface area is 186 Å². The number of nitrogens with zero attached hydrogens (tertiary/aromatic N) is 2. The Balaban J connectivity index is 1.68. The first-order valence-electron chi connectivity index (χ1n) is 9.51. The highest BCUT2D eigenvalue weighted by atomic mass is 32.2. The third kappa shape index (κ3) is 4.95. The first kappa shape index (κ1) is 24.2. The topological polar surface area (TPSA) is 113 Å². The van der Waals surface area contributed by atoms with E-state index in [0.29, 0.717) is 5.00 Å². The van der Waals surface area contributed by atoms with Gasteiger partial charge in [-0.3, -0.25) is 14.5 Å². The van der Waals surface area contributed by atoms with Crippen molar-refractivity contribution in [2.45, 2.75) is 24.0 Å². The van der Waals surface area contributed by atoms with Crippen LogP contribution in [0.2, 0.25) is 0 Å². The lowest BCUT2D eigenvalue weighted by Gasteiger charge is -2.37. The lowest BCUT2D eigenvalue weighted by Crippen LogP contribution is -2.54. The fourth-order valence-electron chi connectivity index (χ4n) is 3.38. The molecule has 2 amide bonds. The van der Waals surface area contributed by atoms with E-state index >= 15 is 0 Å². The summed E-state index contributed by atoms with van der Waals surface area (Å²) in [5.74, 6) is -1.08. The first-order chi connectivity index (χ1) is 14.9. The van der Waals surface area contributed by atoms with E-state index in [2.05, 4.69) is 5.32 Å². The summed E-state index contributed by atoms with van der Waals surface area (Å²) in [6, 6.07) is 4.89. The molecule has 13 heteroatoms. The maximum absolute atomic E-state index is 13.3. The number of hydrogen-bond acceptors (Lipinski definition) is 6. The molecule has 2 heterocycles. The Morgan fingerprint density at radius 1 is 1.12 bits per heavy atom. The van der Waals surface area contributed by atoms with Crippen LogP contribution in [0.25, 0.3) is 0 Å². The zero-order chi connectivity index (χ0) is 23.7. The fourth-order valence-corrected chi connectivity index (χ4v) is 5.81. The summed E-state index contributed by atoms with van der Waals surface area (Å²) >= 11 is 1.14. The molecule has 8 nitrogen and oxygen atoms in total. The minimum atomic E-state index is -4.80. The molecule has 174 valence electrons. The number of nitrogens with one attached hydrogen (secondary N) is 1. The van der Waals surface area contributed by atoms with Crippen molar-refractivity contribution in [3.63, 3.8) is 0 Å². The fraction of sp³-hybridized carbons (Fsp3) is 0.368. The highest BCUT2D eigenvalue weighted by Crippen LogP contribution is 2.35. The van der Waals surface area contributed by atoms with Crippen molar-refractivity contribution in [2.24, 2.45) is 5.73 Å². The van der Waals surface area contributed by atoms with Crippen LogP contribution in [0.3, 0.4) is 0 Å². The third-order valence-corrected chi connectivity index (χ3v) is 7.96. The smallest absolute Gasteiger partial charge is 0.366 e. The van der Waals surface area contributed by atoms with Crippen LogP contribution in [0.15, 0.2) is 40.6 Å². The Morgan fingerprint density at radius 3 is 2.34 bits per heavy atom. The number of rotatable bonds is 6. The minimum absolute atomic E-state index is 0.0717. The highest BCUT2D eigenvalue weighted by Gasteiger charge is 2.40. The number of sulfonamides is 1. The summed E-state index contributed by atoms with van der Waals surface area (Å²) < 4.78 is 66.5. The van der Waals surface area contributed by atoms with Gasteiger partial charge in [-0.25, -0.2) is 8.42 Å². The predicted molar refractivity (Wildman–Crippen MR) is 113 cm³/mol. The van der Waals surface area contributed by atoms with Crippen LogP contribution in [-0.2, 0) is 21.0 Å². The van der Waals surface area contributed by atoms with Crippen LogP contribution >= 0.6 is 11.3 Å². The number of amides is 2. The number of thiophene rings is 1. The van der Waals surface area contributed by atoms with Gasteiger partial charge in [0.25, 0.3) is 5.91 Å². The van der Waals surface area contributed by atoms with Gasteiger partial charge in [0, 0.05) is 26.2 Å². The second-order valence-electron chi connectivity index (χ2n) is 7.13. The average molecular weight is 491 g/mol. The number of carbonyl (C=O) groups excluding carboxylic acids is 2. The number of anilines is 1. The van der Waals surface area contributed by atoms with Crippen molar-refractivity contribution < 1.29 is 31.2 Å².